The molecule has 0 saturated carbocycles. The SMILES string of the molecule is CCn1c(SCC(=O)Nc2ccc(F)c(F)c2F)nnc1C(C)Oc1cccc(OC)c1. The zero-order valence-electron chi connectivity index (χ0n) is 17.6. The molecule has 0 saturated heterocycles. The van der Waals surface area contributed by atoms with E-state index in [-0.39, 0.29) is 5.75 Å². The van der Waals surface area contributed by atoms with Gasteiger partial charge in [0.25, 0.3) is 0 Å². The van der Waals surface area contributed by atoms with Gasteiger partial charge in [0.15, 0.2) is 34.5 Å². The predicted octanol–water partition coefficient (Wildman–Crippen LogP) is 4.59. The van der Waals surface area contributed by atoms with Crippen molar-refractivity contribution in [1.29, 1.82) is 0 Å². The van der Waals surface area contributed by atoms with Crippen molar-refractivity contribution >= 4 is 23.4 Å². The Morgan fingerprint density at radius 3 is 2.62 bits per heavy atom. The number of halogens is 3. The van der Waals surface area contributed by atoms with Crippen LogP contribution in [0.3, 0.4) is 0 Å². The van der Waals surface area contributed by atoms with Crippen molar-refractivity contribution in [2.75, 3.05) is 18.2 Å². The molecule has 0 aliphatic heterocycles. The zero-order valence-corrected chi connectivity index (χ0v) is 18.4. The molecule has 3 aromatic rings. The Morgan fingerprint density at radius 1 is 1.16 bits per heavy atom. The van der Waals surface area contributed by atoms with Crippen LogP contribution in [0, 0.1) is 17.5 Å². The lowest BCUT2D eigenvalue weighted by Gasteiger charge is -2.16. The molecule has 2 aromatic carbocycles. The number of carbonyl (C=O) groups excluding carboxylic acids is 1. The van der Waals surface area contributed by atoms with E-state index in [9.17, 15) is 18.0 Å². The zero-order chi connectivity index (χ0) is 23.3. The van der Waals surface area contributed by atoms with E-state index in [2.05, 4.69) is 15.5 Å². The van der Waals surface area contributed by atoms with Gasteiger partial charge in [0, 0.05) is 12.6 Å². The van der Waals surface area contributed by atoms with Crippen LogP contribution < -0.4 is 14.8 Å². The largest absolute Gasteiger partial charge is 0.497 e. The van der Waals surface area contributed by atoms with E-state index >= 15 is 0 Å². The molecule has 1 atom stereocenters. The van der Waals surface area contributed by atoms with E-state index in [1.54, 1.807) is 35.9 Å². The molecule has 32 heavy (non-hydrogen) atoms. The fourth-order valence-corrected chi connectivity index (χ4v) is 3.68. The second-order valence-electron chi connectivity index (χ2n) is 6.58. The minimum atomic E-state index is -1.64. The van der Waals surface area contributed by atoms with Gasteiger partial charge in [0.1, 0.15) is 11.5 Å². The van der Waals surface area contributed by atoms with Crippen LogP contribution >= 0.6 is 11.8 Å². The van der Waals surface area contributed by atoms with Gasteiger partial charge in [0.05, 0.1) is 18.6 Å². The number of ether oxygens (including phenoxy) is 2. The summed E-state index contributed by atoms with van der Waals surface area (Å²) in [5.41, 5.74) is -0.438. The molecule has 1 N–H and O–H groups in total. The maximum absolute atomic E-state index is 13.7. The van der Waals surface area contributed by atoms with Gasteiger partial charge in [-0.2, -0.15) is 0 Å². The summed E-state index contributed by atoms with van der Waals surface area (Å²) < 4.78 is 53.0. The Bertz CT molecular complexity index is 1110. The van der Waals surface area contributed by atoms with Gasteiger partial charge in [-0.05, 0) is 38.1 Å². The van der Waals surface area contributed by atoms with Crippen molar-refractivity contribution in [3.63, 3.8) is 0 Å². The molecule has 0 aliphatic carbocycles. The Labute approximate surface area is 186 Å². The summed E-state index contributed by atoms with van der Waals surface area (Å²) in [4.78, 5) is 12.2. The topological polar surface area (TPSA) is 78.3 Å². The molecule has 0 spiro atoms. The minimum absolute atomic E-state index is 0.137. The summed E-state index contributed by atoms with van der Waals surface area (Å²) in [5.74, 6) is -3.35. The summed E-state index contributed by atoms with van der Waals surface area (Å²) in [6, 6.07) is 8.86. The van der Waals surface area contributed by atoms with E-state index < -0.39 is 35.2 Å². The highest BCUT2D eigenvalue weighted by atomic mass is 32.2. The molecule has 1 unspecified atom stereocenters. The van der Waals surface area contributed by atoms with Crippen molar-refractivity contribution < 1.29 is 27.4 Å². The quantitative estimate of drug-likeness (QED) is 0.367. The standard InChI is InChI=1S/C21H21F3N4O3S/c1-4-28-20(12(2)31-14-7-5-6-13(10-14)30-3)26-27-21(28)32-11-17(29)25-16-9-8-15(22)18(23)19(16)24/h5-10,12H,4,11H2,1-3H3,(H,25,29). The van der Waals surface area contributed by atoms with Crippen LogP contribution in [0.4, 0.5) is 18.9 Å². The normalized spacial score (nSPS) is 11.8. The number of amides is 1. The number of aromatic nitrogens is 3. The number of nitrogens with zero attached hydrogens (tertiary/aromatic N) is 3. The Kier molecular flexibility index (Phi) is 7.62. The van der Waals surface area contributed by atoms with Crippen molar-refractivity contribution in [1.82, 2.24) is 14.8 Å². The van der Waals surface area contributed by atoms with Gasteiger partial charge in [-0.25, -0.2) is 13.2 Å². The number of nitrogens with one attached hydrogen (secondary N) is 1. The molecule has 7 nitrogen and oxygen atoms in total. The van der Waals surface area contributed by atoms with Crippen LogP contribution in [0.2, 0.25) is 0 Å². The van der Waals surface area contributed by atoms with Crippen molar-refractivity contribution in [2.24, 2.45) is 0 Å². The first kappa shape index (κ1) is 23.5. The van der Waals surface area contributed by atoms with E-state index in [0.717, 1.165) is 23.9 Å². The number of anilines is 1. The molecular weight excluding hydrogens is 445 g/mol. The molecule has 0 aliphatic rings. The molecular formula is C21H21F3N4O3S. The highest BCUT2D eigenvalue weighted by Gasteiger charge is 2.20. The number of hydrogen-bond donors (Lipinski definition) is 1. The number of thioether (sulfide) groups is 1. The van der Waals surface area contributed by atoms with E-state index in [1.807, 2.05) is 13.8 Å². The first-order valence-corrected chi connectivity index (χ1v) is 10.6. The summed E-state index contributed by atoms with van der Waals surface area (Å²) in [6.45, 7) is 4.24. The number of methoxy groups -OCH3 is 1. The minimum Gasteiger partial charge on any atom is -0.497 e. The Balaban J connectivity index is 1.65. The highest BCUT2D eigenvalue weighted by molar-refractivity contribution is 7.99. The smallest absolute Gasteiger partial charge is 0.234 e. The van der Waals surface area contributed by atoms with Crippen LogP contribution in [0.1, 0.15) is 25.8 Å². The molecule has 1 amide bonds. The predicted molar refractivity (Wildman–Crippen MR) is 113 cm³/mol. The van der Waals surface area contributed by atoms with Crippen molar-refractivity contribution in [2.45, 2.75) is 31.7 Å². The van der Waals surface area contributed by atoms with E-state index in [4.69, 9.17) is 9.47 Å². The number of benzene rings is 2. The highest BCUT2D eigenvalue weighted by Crippen LogP contribution is 2.27. The lowest BCUT2D eigenvalue weighted by atomic mass is 10.3. The van der Waals surface area contributed by atoms with Crippen LogP contribution in [0.15, 0.2) is 41.6 Å². The molecule has 0 radical (unpaired) electrons. The maximum Gasteiger partial charge on any atom is 0.234 e. The maximum atomic E-state index is 13.7. The van der Waals surface area contributed by atoms with Gasteiger partial charge < -0.3 is 19.4 Å². The summed E-state index contributed by atoms with van der Waals surface area (Å²) >= 11 is 1.07. The summed E-state index contributed by atoms with van der Waals surface area (Å²) in [7, 11) is 1.57. The molecule has 11 heteroatoms. The molecule has 0 bridgehead atoms. The summed E-state index contributed by atoms with van der Waals surface area (Å²) in [5, 5.41) is 11.0. The van der Waals surface area contributed by atoms with E-state index in [0.29, 0.717) is 29.0 Å². The third-order valence-corrected chi connectivity index (χ3v) is 5.39. The van der Waals surface area contributed by atoms with Crippen molar-refractivity contribution in [3.05, 3.63) is 59.7 Å². The van der Waals surface area contributed by atoms with Gasteiger partial charge >= 0.3 is 0 Å². The van der Waals surface area contributed by atoms with Crippen molar-refractivity contribution in [3.8, 4) is 11.5 Å². The molecule has 170 valence electrons. The number of hydrogen-bond acceptors (Lipinski definition) is 6. The second-order valence-corrected chi connectivity index (χ2v) is 7.53. The van der Waals surface area contributed by atoms with Crippen LogP contribution in [0.25, 0.3) is 0 Å². The lowest BCUT2D eigenvalue weighted by Crippen LogP contribution is -2.17. The first-order valence-electron chi connectivity index (χ1n) is 9.64. The average Bonchev–Trinajstić information content (AvgIpc) is 3.21. The fourth-order valence-electron chi connectivity index (χ4n) is 2.87. The van der Waals surface area contributed by atoms with Gasteiger partial charge in [-0.1, -0.05) is 17.8 Å². The van der Waals surface area contributed by atoms with Gasteiger partial charge in [-0.15, -0.1) is 10.2 Å². The Hall–Kier alpha value is -3.21. The van der Waals surface area contributed by atoms with E-state index in [1.165, 1.54) is 0 Å². The fraction of sp³-hybridized carbons (Fsp3) is 0.286. The number of rotatable bonds is 9. The first-order chi connectivity index (χ1) is 15.3. The monoisotopic (exact) mass is 466 g/mol. The third kappa shape index (κ3) is 5.34. The van der Waals surface area contributed by atoms with Crippen LogP contribution in [-0.2, 0) is 11.3 Å². The molecule has 0 fully saturated rings. The molecule has 3 rings (SSSR count). The van der Waals surface area contributed by atoms with Crippen LogP contribution in [0.5, 0.6) is 11.5 Å². The molecule has 1 heterocycles. The van der Waals surface area contributed by atoms with Crippen LogP contribution in [-0.4, -0.2) is 33.5 Å². The van der Waals surface area contributed by atoms with Gasteiger partial charge in [0.2, 0.25) is 5.91 Å². The Morgan fingerprint density at radius 2 is 1.91 bits per heavy atom. The number of carbonyl (C=O) groups is 1. The second kappa shape index (κ2) is 10.4. The van der Waals surface area contributed by atoms with Gasteiger partial charge in [-0.3, -0.25) is 4.79 Å². The third-order valence-electron chi connectivity index (χ3n) is 4.42. The summed E-state index contributed by atoms with van der Waals surface area (Å²) in [6.07, 6.45) is -0.436. The molecule has 1 aromatic heterocycles. The average molecular weight is 466 g/mol. The lowest BCUT2D eigenvalue weighted by molar-refractivity contribution is -0.113.